The topological polar surface area (TPSA) is 28.1 Å². The fourth-order valence-electron chi connectivity index (χ4n) is 3.78. The van der Waals surface area contributed by atoms with E-state index in [2.05, 4.69) is 9.98 Å². The first-order chi connectivity index (χ1) is 14.0. The largest absolute Gasteiger partial charge is 0.416 e. The van der Waals surface area contributed by atoms with Gasteiger partial charge in [0.15, 0.2) is 0 Å². The van der Waals surface area contributed by atoms with Gasteiger partial charge in [-0.1, -0.05) is 48.5 Å². The monoisotopic (exact) mass is 388 g/mol. The fraction of sp³-hybridized carbons (Fsp3) is 0.0417. The highest BCUT2D eigenvalue weighted by Crippen LogP contribution is 2.41. The molecular formula is C24H15F3N2. The van der Waals surface area contributed by atoms with Crippen LogP contribution in [0, 0.1) is 0 Å². The summed E-state index contributed by atoms with van der Waals surface area (Å²) in [5, 5.41) is 1.01. The highest BCUT2D eigenvalue weighted by atomic mass is 19.4. The molecule has 0 aliphatic carbocycles. The average molecular weight is 388 g/mol. The summed E-state index contributed by atoms with van der Waals surface area (Å²) in [6, 6.07) is 21.0. The molecule has 0 bridgehead atoms. The molecule has 3 aromatic carbocycles. The summed E-state index contributed by atoms with van der Waals surface area (Å²) in [7, 11) is 0. The molecule has 0 spiro atoms. The molecule has 1 aliphatic heterocycles. The summed E-state index contributed by atoms with van der Waals surface area (Å²) < 4.78 is 39.2. The maximum Gasteiger partial charge on any atom is 0.416 e. The van der Waals surface area contributed by atoms with E-state index in [9.17, 15) is 13.2 Å². The number of aliphatic imine (C=N–C) groups is 1. The minimum absolute atomic E-state index is 0.662. The van der Waals surface area contributed by atoms with Crippen LogP contribution in [0.3, 0.4) is 0 Å². The Kier molecular flexibility index (Phi) is 3.91. The van der Waals surface area contributed by atoms with Crippen LogP contribution in [0.1, 0.15) is 22.3 Å². The molecule has 1 aromatic heterocycles. The standard InChI is InChI=1S/C24H15F3N2/c25-24(26,27)16-11-9-15(10-12-16)23(19-13-28-21-7-3-1-5-17(19)21)20-14-29-22-8-4-2-6-18(20)22/h1-14,28H/b23-20+. The molecule has 5 heteroatoms. The van der Waals surface area contributed by atoms with Crippen molar-refractivity contribution in [3.05, 3.63) is 101 Å². The van der Waals surface area contributed by atoms with Crippen LogP contribution in [0.2, 0.25) is 0 Å². The van der Waals surface area contributed by atoms with Gasteiger partial charge in [-0.15, -0.1) is 0 Å². The summed E-state index contributed by atoms with van der Waals surface area (Å²) in [6.07, 6.45) is -0.674. The lowest BCUT2D eigenvalue weighted by Crippen LogP contribution is -2.04. The van der Waals surface area contributed by atoms with E-state index in [-0.39, 0.29) is 0 Å². The van der Waals surface area contributed by atoms with Crippen molar-refractivity contribution in [2.24, 2.45) is 4.99 Å². The second kappa shape index (κ2) is 6.48. The lowest BCUT2D eigenvalue weighted by atomic mass is 9.89. The van der Waals surface area contributed by atoms with Crippen LogP contribution >= 0.6 is 0 Å². The lowest BCUT2D eigenvalue weighted by molar-refractivity contribution is -0.137. The number of aromatic amines is 1. The van der Waals surface area contributed by atoms with Crippen LogP contribution in [-0.2, 0) is 6.18 Å². The van der Waals surface area contributed by atoms with Crippen molar-refractivity contribution in [1.82, 2.24) is 4.98 Å². The Morgan fingerprint density at radius 1 is 0.828 bits per heavy atom. The first-order valence-corrected chi connectivity index (χ1v) is 9.14. The van der Waals surface area contributed by atoms with Gasteiger partial charge in [-0.2, -0.15) is 13.2 Å². The number of alkyl halides is 3. The molecule has 0 fully saturated rings. The van der Waals surface area contributed by atoms with Crippen LogP contribution in [0.15, 0.2) is 84.0 Å². The number of para-hydroxylation sites is 2. The van der Waals surface area contributed by atoms with Gasteiger partial charge in [0, 0.05) is 45.6 Å². The zero-order valence-corrected chi connectivity index (χ0v) is 15.2. The van der Waals surface area contributed by atoms with Crippen LogP contribution in [0.25, 0.3) is 22.0 Å². The van der Waals surface area contributed by atoms with E-state index in [4.69, 9.17) is 0 Å². The van der Waals surface area contributed by atoms with Crippen LogP contribution in [0.4, 0.5) is 18.9 Å². The lowest BCUT2D eigenvalue weighted by Gasteiger charge is -2.13. The first kappa shape index (κ1) is 17.5. The smallest absolute Gasteiger partial charge is 0.361 e. The van der Waals surface area contributed by atoms with Gasteiger partial charge < -0.3 is 4.98 Å². The molecule has 2 heterocycles. The predicted molar refractivity (Wildman–Crippen MR) is 110 cm³/mol. The summed E-state index contributed by atoms with van der Waals surface area (Å²) in [5.74, 6) is 0. The SMILES string of the molecule is FC(F)(F)c1ccc(/C(=C2/C=Nc3ccccc32)c2c[nH]c3ccccc23)cc1. The van der Waals surface area contributed by atoms with Crippen molar-refractivity contribution in [2.75, 3.05) is 0 Å². The molecule has 29 heavy (non-hydrogen) atoms. The van der Waals surface area contributed by atoms with E-state index >= 15 is 0 Å². The van der Waals surface area contributed by atoms with E-state index in [1.807, 2.05) is 54.7 Å². The molecule has 0 saturated carbocycles. The van der Waals surface area contributed by atoms with Crippen LogP contribution < -0.4 is 0 Å². The number of benzene rings is 3. The third kappa shape index (κ3) is 2.95. The summed E-state index contributed by atoms with van der Waals surface area (Å²) in [4.78, 5) is 7.76. The quantitative estimate of drug-likeness (QED) is 0.388. The number of allylic oxidation sites excluding steroid dienone is 1. The second-order valence-corrected chi connectivity index (χ2v) is 6.89. The van der Waals surface area contributed by atoms with Crippen molar-refractivity contribution < 1.29 is 13.2 Å². The highest BCUT2D eigenvalue weighted by Gasteiger charge is 2.30. The minimum Gasteiger partial charge on any atom is -0.361 e. The van der Waals surface area contributed by atoms with Crippen molar-refractivity contribution in [3.8, 4) is 0 Å². The molecular weight excluding hydrogens is 373 g/mol. The molecule has 0 unspecified atom stereocenters. The molecule has 0 atom stereocenters. The Hall–Kier alpha value is -3.60. The molecule has 2 nitrogen and oxygen atoms in total. The van der Waals surface area contributed by atoms with E-state index in [0.29, 0.717) is 5.56 Å². The zero-order valence-electron chi connectivity index (χ0n) is 15.2. The maximum atomic E-state index is 13.1. The van der Waals surface area contributed by atoms with Crippen molar-refractivity contribution >= 4 is 34.0 Å². The number of nitrogens with one attached hydrogen (secondary N) is 1. The third-order valence-corrected chi connectivity index (χ3v) is 5.16. The normalized spacial score (nSPS) is 15.0. The van der Waals surface area contributed by atoms with Gasteiger partial charge in [-0.3, -0.25) is 4.99 Å². The van der Waals surface area contributed by atoms with Gasteiger partial charge in [0.2, 0.25) is 0 Å². The van der Waals surface area contributed by atoms with Crippen molar-refractivity contribution in [1.29, 1.82) is 0 Å². The van der Waals surface area contributed by atoms with Gasteiger partial charge in [-0.05, 0) is 29.8 Å². The number of halogens is 3. The van der Waals surface area contributed by atoms with Gasteiger partial charge in [-0.25, -0.2) is 0 Å². The number of rotatable bonds is 2. The summed E-state index contributed by atoms with van der Waals surface area (Å²) in [5.41, 5.74) is 5.51. The number of H-pyrrole nitrogens is 1. The Morgan fingerprint density at radius 3 is 2.34 bits per heavy atom. The average Bonchev–Trinajstić information content (AvgIpc) is 3.34. The Labute approximate surface area is 165 Å². The second-order valence-electron chi connectivity index (χ2n) is 6.89. The fourth-order valence-corrected chi connectivity index (χ4v) is 3.78. The van der Waals surface area contributed by atoms with E-state index in [1.165, 1.54) is 12.1 Å². The van der Waals surface area contributed by atoms with Gasteiger partial charge >= 0.3 is 6.18 Å². The molecule has 0 saturated heterocycles. The molecule has 1 aliphatic rings. The molecule has 0 amide bonds. The predicted octanol–water partition coefficient (Wildman–Crippen LogP) is 6.86. The Bertz CT molecular complexity index is 1280. The highest BCUT2D eigenvalue weighted by molar-refractivity contribution is 6.27. The van der Waals surface area contributed by atoms with Crippen LogP contribution in [0.5, 0.6) is 0 Å². The first-order valence-electron chi connectivity index (χ1n) is 9.14. The Balaban J connectivity index is 1.78. The zero-order chi connectivity index (χ0) is 20.0. The number of nitrogens with zero attached hydrogens (tertiary/aromatic N) is 1. The van der Waals surface area contributed by atoms with Crippen molar-refractivity contribution in [2.45, 2.75) is 6.18 Å². The summed E-state index contributed by atoms with van der Waals surface area (Å²) >= 11 is 0. The number of fused-ring (bicyclic) bond motifs is 2. The number of hydrogen-bond donors (Lipinski definition) is 1. The minimum atomic E-state index is -4.37. The molecule has 5 rings (SSSR count). The molecule has 1 N–H and O–H groups in total. The number of hydrogen-bond acceptors (Lipinski definition) is 1. The maximum absolute atomic E-state index is 13.1. The third-order valence-electron chi connectivity index (χ3n) is 5.16. The van der Waals surface area contributed by atoms with Gasteiger partial charge in [0.1, 0.15) is 0 Å². The van der Waals surface area contributed by atoms with Gasteiger partial charge in [0.25, 0.3) is 0 Å². The van der Waals surface area contributed by atoms with Crippen LogP contribution in [-0.4, -0.2) is 11.2 Å². The Morgan fingerprint density at radius 2 is 1.55 bits per heavy atom. The van der Waals surface area contributed by atoms with E-state index in [0.717, 1.165) is 51.0 Å². The van der Waals surface area contributed by atoms with E-state index in [1.54, 1.807) is 6.21 Å². The molecule has 142 valence electrons. The molecule has 0 radical (unpaired) electrons. The van der Waals surface area contributed by atoms with Gasteiger partial charge in [0.05, 0.1) is 11.3 Å². The number of aromatic nitrogens is 1. The molecule has 4 aromatic rings. The van der Waals surface area contributed by atoms with E-state index < -0.39 is 11.7 Å². The summed E-state index contributed by atoms with van der Waals surface area (Å²) in [6.45, 7) is 0. The van der Waals surface area contributed by atoms with Crippen molar-refractivity contribution in [3.63, 3.8) is 0 Å².